The van der Waals surface area contributed by atoms with Crippen LogP contribution < -0.4 is 0 Å². The molecule has 0 saturated carbocycles. The van der Waals surface area contributed by atoms with Crippen molar-refractivity contribution < 1.29 is 14.4 Å². The summed E-state index contributed by atoms with van der Waals surface area (Å²) in [7, 11) is 0. The van der Waals surface area contributed by atoms with E-state index in [2.05, 4.69) is 9.68 Å². The van der Waals surface area contributed by atoms with Crippen LogP contribution in [0, 0.1) is 0 Å². The summed E-state index contributed by atoms with van der Waals surface area (Å²) in [6.07, 6.45) is 3.57. The molecular formula is C10H14N2O3. The monoisotopic (exact) mass is 210 g/mol. The number of hydrogen-bond acceptors (Lipinski definition) is 4. The molecular weight excluding hydrogens is 196 g/mol. The van der Waals surface area contributed by atoms with Gasteiger partial charge in [-0.25, -0.2) is 0 Å². The van der Waals surface area contributed by atoms with Crippen molar-refractivity contribution in [3.05, 3.63) is 18.0 Å². The highest BCUT2D eigenvalue weighted by atomic mass is 16.5. The standard InChI is InChI=1S/C10H14N2O3/c13-7-9-2-1-4-12(9)10(14)6-8-3-5-15-11-8/h3,5,9,13H,1-2,4,6-7H2/t9-/m0/s1. The van der Waals surface area contributed by atoms with Gasteiger partial charge in [0.05, 0.1) is 24.8 Å². The number of hydrogen-bond donors (Lipinski definition) is 1. The predicted molar refractivity (Wildman–Crippen MR) is 52.0 cm³/mol. The van der Waals surface area contributed by atoms with Gasteiger partial charge in [-0.2, -0.15) is 0 Å². The molecule has 1 aromatic heterocycles. The van der Waals surface area contributed by atoms with Crippen LogP contribution >= 0.6 is 0 Å². The van der Waals surface area contributed by atoms with E-state index in [0.717, 1.165) is 19.4 Å². The molecule has 0 unspecified atom stereocenters. The van der Waals surface area contributed by atoms with Crippen molar-refractivity contribution in [3.8, 4) is 0 Å². The number of aromatic nitrogens is 1. The first-order chi connectivity index (χ1) is 7.31. The van der Waals surface area contributed by atoms with Crippen LogP contribution in [0.15, 0.2) is 16.9 Å². The minimum Gasteiger partial charge on any atom is -0.394 e. The molecule has 1 atom stereocenters. The van der Waals surface area contributed by atoms with Crippen molar-refractivity contribution in [2.24, 2.45) is 0 Å². The number of rotatable bonds is 3. The zero-order valence-electron chi connectivity index (χ0n) is 8.43. The Kier molecular flexibility index (Phi) is 3.01. The third kappa shape index (κ3) is 2.18. The lowest BCUT2D eigenvalue weighted by molar-refractivity contribution is -0.132. The molecule has 2 heterocycles. The maximum Gasteiger partial charge on any atom is 0.229 e. The normalized spacial score (nSPS) is 20.9. The Morgan fingerprint density at radius 3 is 3.27 bits per heavy atom. The van der Waals surface area contributed by atoms with Gasteiger partial charge in [0, 0.05) is 12.6 Å². The highest BCUT2D eigenvalue weighted by Crippen LogP contribution is 2.17. The zero-order chi connectivity index (χ0) is 10.7. The van der Waals surface area contributed by atoms with Gasteiger partial charge in [0.1, 0.15) is 6.26 Å². The van der Waals surface area contributed by atoms with Gasteiger partial charge in [-0.15, -0.1) is 0 Å². The van der Waals surface area contributed by atoms with Gasteiger partial charge < -0.3 is 14.5 Å². The summed E-state index contributed by atoms with van der Waals surface area (Å²) in [5.41, 5.74) is 0.642. The van der Waals surface area contributed by atoms with Gasteiger partial charge in [0.25, 0.3) is 0 Å². The molecule has 1 aromatic rings. The molecule has 0 radical (unpaired) electrons. The summed E-state index contributed by atoms with van der Waals surface area (Å²) in [5, 5.41) is 12.8. The topological polar surface area (TPSA) is 66.6 Å². The first-order valence-corrected chi connectivity index (χ1v) is 5.11. The average Bonchev–Trinajstić information content (AvgIpc) is 2.86. The van der Waals surface area contributed by atoms with E-state index in [4.69, 9.17) is 5.11 Å². The maximum absolute atomic E-state index is 11.8. The third-order valence-corrected chi connectivity index (χ3v) is 2.73. The molecule has 1 saturated heterocycles. The van der Waals surface area contributed by atoms with Crippen LogP contribution in [-0.2, 0) is 11.2 Å². The van der Waals surface area contributed by atoms with Crippen LogP contribution in [0.25, 0.3) is 0 Å². The van der Waals surface area contributed by atoms with E-state index < -0.39 is 0 Å². The van der Waals surface area contributed by atoms with Crippen LogP contribution in [-0.4, -0.2) is 40.3 Å². The molecule has 0 bridgehead atoms. The quantitative estimate of drug-likeness (QED) is 0.774. The second-order valence-corrected chi connectivity index (χ2v) is 3.73. The van der Waals surface area contributed by atoms with Gasteiger partial charge in [-0.3, -0.25) is 4.79 Å². The van der Waals surface area contributed by atoms with Crippen LogP contribution in [0.1, 0.15) is 18.5 Å². The summed E-state index contributed by atoms with van der Waals surface area (Å²) in [5.74, 6) is 0.0143. The number of nitrogens with zero attached hydrogens (tertiary/aromatic N) is 2. The highest BCUT2D eigenvalue weighted by molar-refractivity contribution is 5.78. The highest BCUT2D eigenvalue weighted by Gasteiger charge is 2.28. The molecule has 0 aliphatic carbocycles. The summed E-state index contributed by atoms with van der Waals surface area (Å²) in [6.45, 7) is 0.784. The summed E-state index contributed by atoms with van der Waals surface area (Å²) in [6, 6.07) is 1.67. The number of aliphatic hydroxyl groups is 1. The van der Waals surface area contributed by atoms with Gasteiger partial charge in [-0.05, 0) is 12.8 Å². The minimum absolute atomic E-state index is 0.00981. The van der Waals surface area contributed by atoms with Gasteiger partial charge in [-0.1, -0.05) is 5.16 Å². The number of aliphatic hydroxyl groups excluding tert-OH is 1. The molecule has 82 valence electrons. The van der Waals surface area contributed by atoms with Crippen molar-refractivity contribution in [1.82, 2.24) is 10.1 Å². The van der Waals surface area contributed by atoms with Crippen molar-refractivity contribution in [1.29, 1.82) is 0 Å². The molecule has 5 nitrogen and oxygen atoms in total. The molecule has 5 heteroatoms. The van der Waals surface area contributed by atoms with E-state index in [1.807, 2.05) is 0 Å². The molecule has 15 heavy (non-hydrogen) atoms. The average molecular weight is 210 g/mol. The fraction of sp³-hybridized carbons (Fsp3) is 0.600. The Hall–Kier alpha value is -1.36. The fourth-order valence-corrected chi connectivity index (χ4v) is 1.94. The second-order valence-electron chi connectivity index (χ2n) is 3.73. The first kappa shape index (κ1) is 10.2. The van der Waals surface area contributed by atoms with Gasteiger partial charge in [0.2, 0.25) is 5.91 Å². The van der Waals surface area contributed by atoms with Crippen LogP contribution in [0.4, 0.5) is 0 Å². The lowest BCUT2D eigenvalue weighted by atomic mass is 10.2. The Bertz CT molecular complexity index is 323. The van der Waals surface area contributed by atoms with Crippen molar-refractivity contribution in [2.45, 2.75) is 25.3 Å². The molecule has 1 aliphatic rings. The predicted octanol–water partition coefficient (Wildman–Crippen LogP) is 0.200. The van der Waals surface area contributed by atoms with Crippen LogP contribution in [0.3, 0.4) is 0 Å². The Morgan fingerprint density at radius 1 is 1.73 bits per heavy atom. The lowest BCUT2D eigenvalue weighted by Gasteiger charge is -2.22. The molecule has 0 aromatic carbocycles. The smallest absolute Gasteiger partial charge is 0.229 e. The van der Waals surface area contributed by atoms with E-state index in [1.165, 1.54) is 6.26 Å². The van der Waals surface area contributed by atoms with Crippen molar-refractivity contribution >= 4 is 5.91 Å². The van der Waals surface area contributed by atoms with E-state index >= 15 is 0 Å². The van der Waals surface area contributed by atoms with E-state index in [0.29, 0.717) is 5.69 Å². The minimum atomic E-state index is -0.00981. The Morgan fingerprint density at radius 2 is 2.60 bits per heavy atom. The SMILES string of the molecule is O=C(Cc1ccon1)N1CCC[C@H]1CO. The molecule has 1 fully saturated rings. The van der Waals surface area contributed by atoms with Gasteiger partial charge >= 0.3 is 0 Å². The van der Waals surface area contributed by atoms with E-state index in [-0.39, 0.29) is 25.0 Å². The second kappa shape index (κ2) is 4.44. The summed E-state index contributed by atoms with van der Waals surface area (Å²) >= 11 is 0. The maximum atomic E-state index is 11.8. The number of amides is 1. The Labute approximate surface area is 87.7 Å². The molecule has 1 N–H and O–H groups in total. The summed E-state index contributed by atoms with van der Waals surface area (Å²) in [4.78, 5) is 13.5. The molecule has 0 spiro atoms. The lowest BCUT2D eigenvalue weighted by Crippen LogP contribution is -2.38. The molecule has 1 amide bonds. The van der Waals surface area contributed by atoms with Crippen LogP contribution in [0.5, 0.6) is 0 Å². The van der Waals surface area contributed by atoms with Crippen LogP contribution in [0.2, 0.25) is 0 Å². The van der Waals surface area contributed by atoms with E-state index in [9.17, 15) is 4.79 Å². The number of likely N-dealkylation sites (tertiary alicyclic amines) is 1. The fourth-order valence-electron chi connectivity index (χ4n) is 1.94. The zero-order valence-corrected chi connectivity index (χ0v) is 8.43. The summed E-state index contributed by atoms with van der Waals surface area (Å²) < 4.78 is 4.66. The van der Waals surface area contributed by atoms with Gasteiger partial charge in [0.15, 0.2) is 0 Å². The molecule has 2 rings (SSSR count). The third-order valence-electron chi connectivity index (χ3n) is 2.73. The molecule has 1 aliphatic heterocycles. The number of carbonyl (C=O) groups is 1. The Balaban J connectivity index is 1.96. The largest absolute Gasteiger partial charge is 0.394 e. The van der Waals surface area contributed by atoms with Crippen molar-refractivity contribution in [3.63, 3.8) is 0 Å². The van der Waals surface area contributed by atoms with Crippen molar-refractivity contribution in [2.75, 3.05) is 13.2 Å². The van der Waals surface area contributed by atoms with E-state index in [1.54, 1.807) is 11.0 Å². The first-order valence-electron chi connectivity index (χ1n) is 5.11. The number of carbonyl (C=O) groups excluding carboxylic acids is 1.